The zero-order valence-electron chi connectivity index (χ0n) is 10.7. The highest BCUT2D eigenvalue weighted by atomic mass is 32.1. The largest absolute Gasteiger partial charge is 0.371 e. The molecule has 0 aliphatic heterocycles. The van der Waals surface area contributed by atoms with Gasteiger partial charge in [0.2, 0.25) is 0 Å². The van der Waals surface area contributed by atoms with Crippen molar-refractivity contribution in [3.63, 3.8) is 0 Å². The molecule has 1 aliphatic rings. The highest BCUT2D eigenvalue weighted by Gasteiger charge is 2.23. The number of carbonyl (C=O) groups excluding carboxylic acids is 1. The minimum absolute atomic E-state index is 0.659. The molecule has 0 radical (unpaired) electrons. The number of nitrogens with zero attached hydrogens (tertiary/aromatic N) is 1. The fraction of sp³-hybridized carbons (Fsp3) is 0.643. The van der Waals surface area contributed by atoms with Gasteiger partial charge in [0.05, 0.1) is 4.88 Å². The van der Waals surface area contributed by atoms with Gasteiger partial charge in [0.1, 0.15) is 0 Å². The average Bonchev–Trinajstić information content (AvgIpc) is 2.87. The standard InChI is InChI=1S/C14H21NOS/c1-3-11-4-6-12(7-5-11)15(2)13-8-14(9-16)17-10-13/h8-12H,3-7H2,1-2H3. The topological polar surface area (TPSA) is 20.3 Å². The van der Waals surface area contributed by atoms with Crippen molar-refractivity contribution in [2.75, 3.05) is 11.9 Å². The highest BCUT2D eigenvalue weighted by Crippen LogP contribution is 2.32. The molecule has 0 unspecified atom stereocenters. The normalized spacial score (nSPS) is 24.6. The molecule has 0 aromatic carbocycles. The van der Waals surface area contributed by atoms with Crippen LogP contribution in [0.15, 0.2) is 11.4 Å². The number of carbonyl (C=O) groups is 1. The monoisotopic (exact) mass is 251 g/mol. The van der Waals surface area contributed by atoms with Gasteiger partial charge in [-0.3, -0.25) is 4.79 Å². The van der Waals surface area contributed by atoms with Crippen LogP contribution in [0.5, 0.6) is 0 Å². The third-order valence-electron chi connectivity index (χ3n) is 4.07. The van der Waals surface area contributed by atoms with E-state index in [1.165, 1.54) is 49.1 Å². The van der Waals surface area contributed by atoms with Crippen molar-refractivity contribution < 1.29 is 4.79 Å². The fourth-order valence-electron chi connectivity index (χ4n) is 2.74. The van der Waals surface area contributed by atoms with E-state index in [0.29, 0.717) is 6.04 Å². The Kier molecular flexibility index (Phi) is 4.21. The van der Waals surface area contributed by atoms with Gasteiger partial charge < -0.3 is 4.90 Å². The van der Waals surface area contributed by atoms with Gasteiger partial charge in [-0.2, -0.15) is 0 Å². The first-order valence-corrected chi connectivity index (χ1v) is 7.39. The molecule has 1 fully saturated rings. The first kappa shape index (κ1) is 12.6. The summed E-state index contributed by atoms with van der Waals surface area (Å²) < 4.78 is 0. The number of hydrogen-bond donors (Lipinski definition) is 0. The van der Waals surface area contributed by atoms with Crippen LogP contribution in [0.25, 0.3) is 0 Å². The Morgan fingerprint density at radius 3 is 2.65 bits per heavy atom. The molecule has 0 atom stereocenters. The minimum atomic E-state index is 0.659. The molecule has 0 amide bonds. The van der Waals surface area contributed by atoms with Crippen molar-refractivity contribution in [3.8, 4) is 0 Å². The van der Waals surface area contributed by atoms with Crippen LogP contribution in [-0.2, 0) is 0 Å². The van der Waals surface area contributed by atoms with Gasteiger partial charge in [0, 0.05) is 24.2 Å². The molecule has 1 aromatic rings. The lowest BCUT2D eigenvalue weighted by molar-refractivity contribution is 0.112. The van der Waals surface area contributed by atoms with E-state index in [2.05, 4.69) is 24.3 Å². The molecule has 17 heavy (non-hydrogen) atoms. The molecule has 1 aromatic heterocycles. The average molecular weight is 251 g/mol. The Morgan fingerprint density at radius 2 is 2.12 bits per heavy atom. The van der Waals surface area contributed by atoms with Gasteiger partial charge in [-0.15, -0.1) is 11.3 Å². The summed E-state index contributed by atoms with van der Waals surface area (Å²) in [6.45, 7) is 2.30. The first-order chi connectivity index (χ1) is 8.24. The second-order valence-electron chi connectivity index (χ2n) is 5.02. The Balaban J connectivity index is 1.96. The maximum absolute atomic E-state index is 10.7. The predicted molar refractivity (Wildman–Crippen MR) is 74.1 cm³/mol. The van der Waals surface area contributed by atoms with Crippen molar-refractivity contribution in [2.24, 2.45) is 5.92 Å². The van der Waals surface area contributed by atoms with Crippen molar-refractivity contribution >= 4 is 23.3 Å². The van der Waals surface area contributed by atoms with Gasteiger partial charge in [-0.05, 0) is 37.7 Å². The zero-order valence-corrected chi connectivity index (χ0v) is 11.5. The smallest absolute Gasteiger partial charge is 0.160 e. The number of thiophene rings is 1. The lowest BCUT2D eigenvalue weighted by Gasteiger charge is -2.35. The van der Waals surface area contributed by atoms with Gasteiger partial charge >= 0.3 is 0 Å². The second-order valence-corrected chi connectivity index (χ2v) is 5.96. The molecule has 1 heterocycles. The van der Waals surface area contributed by atoms with Crippen LogP contribution in [0.4, 0.5) is 5.69 Å². The van der Waals surface area contributed by atoms with Crippen LogP contribution < -0.4 is 4.90 Å². The Labute approximate surface area is 108 Å². The highest BCUT2D eigenvalue weighted by molar-refractivity contribution is 7.12. The molecule has 3 heteroatoms. The molecule has 0 saturated heterocycles. The van der Waals surface area contributed by atoms with Gasteiger partial charge in [-0.25, -0.2) is 0 Å². The zero-order chi connectivity index (χ0) is 12.3. The molecule has 2 nitrogen and oxygen atoms in total. The van der Waals surface area contributed by atoms with Crippen molar-refractivity contribution in [1.29, 1.82) is 0 Å². The lowest BCUT2D eigenvalue weighted by atomic mass is 9.84. The molecule has 0 bridgehead atoms. The molecule has 1 aliphatic carbocycles. The summed E-state index contributed by atoms with van der Waals surface area (Å²) in [5, 5.41) is 2.09. The lowest BCUT2D eigenvalue weighted by Crippen LogP contribution is -2.34. The Morgan fingerprint density at radius 1 is 1.41 bits per heavy atom. The quantitative estimate of drug-likeness (QED) is 0.755. The summed E-state index contributed by atoms with van der Waals surface area (Å²) in [6.07, 6.45) is 7.56. The van der Waals surface area contributed by atoms with Gasteiger partial charge in [0.25, 0.3) is 0 Å². The summed E-state index contributed by atoms with van der Waals surface area (Å²) in [5.74, 6) is 0.938. The van der Waals surface area contributed by atoms with Crippen LogP contribution in [0, 0.1) is 5.92 Å². The summed E-state index contributed by atoms with van der Waals surface area (Å²) in [7, 11) is 2.16. The summed E-state index contributed by atoms with van der Waals surface area (Å²) >= 11 is 1.54. The van der Waals surface area contributed by atoms with Gasteiger partial charge in [0.15, 0.2) is 6.29 Å². The van der Waals surface area contributed by atoms with Crippen LogP contribution in [0.2, 0.25) is 0 Å². The van der Waals surface area contributed by atoms with Crippen molar-refractivity contribution in [3.05, 3.63) is 16.3 Å². The van der Waals surface area contributed by atoms with E-state index in [-0.39, 0.29) is 0 Å². The van der Waals surface area contributed by atoms with Crippen molar-refractivity contribution in [1.82, 2.24) is 0 Å². The van der Waals surface area contributed by atoms with E-state index in [4.69, 9.17) is 0 Å². The minimum Gasteiger partial charge on any atom is -0.371 e. The molecule has 0 N–H and O–H groups in total. The van der Waals surface area contributed by atoms with E-state index in [9.17, 15) is 4.79 Å². The molecule has 0 spiro atoms. The van der Waals surface area contributed by atoms with Crippen molar-refractivity contribution in [2.45, 2.75) is 45.1 Å². The van der Waals surface area contributed by atoms with E-state index >= 15 is 0 Å². The van der Waals surface area contributed by atoms with Crippen LogP contribution in [0.3, 0.4) is 0 Å². The molecular formula is C14H21NOS. The number of hydrogen-bond acceptors (Lipinski definition) is 3. The summed E-state index contributed by atoms with van der Waals surface area (Å²) in [4.78, 5) is 13.9. The molecule has 2 rings (SSSR count). The van der Waals surface area contributed by atoms with Crippen LogP contribution in [0.1, 0.15) is 48.7 Å². The second kappa shape index (κ2) is 5.67. The SMILES string of the molecule is CCC1CCC(N(C)c2csc(C=O)c2)CC1. The Bertz CT molecular complexity index is 366. The molecule has 1 saturated carbocycles. The first-order valence-electron chi connectivity index (χ1n) is 6.51. The summed E-state index contributed by atoms with van der Waals surface area (Å²) in [6, 6.07) is 2.66. The van der Waals surface area contributed by atoms with E-state index in [1.807, 2.05) is 6.07 Å². The third kappa shape index (κ3) is 2.89. The number of rotatable bonds is 4. The van der Waals surface area contributed by atoms with Gasteiger partial charge in [-0.1, -0.05) is 13.3 Å². The van der Waals surface area contributed by atoms with Crippen LogP contribution in [-0.4, -0.2) is 19.4 Å². The van der Waals surface area contributed by atoms with E-state index < -0.39 is 0 Å². The molecular weight excluding hydrogens is 230 g/mol. The molecule has 94 valence electrons. The number of anilines is 1. The van der Waals surface area contributed by atoms with Crippen LogP contribution >= 0.6 is 11.3 Å². The number of aldehydes is 1. The third-order valence-corrected chi connectivity index (χ3v) is 4.92. The maximum Gasteiger partial charge on any atom is 0.160 e. The Hall–Kier alpha value is -0.830. The predicted octanol–water partition coefficient (Wildman–Crippen LogP) is 3.97. The van der Waals surface area contributed by atoms with E-state index in [1.54, 1.807) is 0 Å². The summed E-state index contributed by atoms with van der Waals surface area (Å²) in [5.41, 5.74) is 1.21. The van der Waals surface area contributed by atoms with E-state index in [0.717, 1.165) is 17.1 Å². The maximum atomic E-state index is 10.7. The fourth-order valence-corrected chi connectivity index (χ4v) is 3.48.